The molecule has 2 aromatic rings. The molecule has 0 radical (unpaired) electrons. The molecule has 4 nitrogen and oxygen atoms in total. The fourth-order valence-electron chi connectivity index (χ4n) is 1.80. The predicted molar refractivity (Wildman–Crippen MR) is 67.3 cm³/mol. The molecule has 4 heteroatoms. The van der Waals surface area contributed by atoms with Crippen molar-refractivity contribution in [2.75, 3.05) is 18.1 Å². The summed E-state index contributed by atoms with van der Waals surface area (Å²) in [6.07, 6.45) is 2.00. The quantitative estimate of drug-likeness (QED) is 0.755. The van der Waals surface area contributed by atoms with Crippen LogP contribution in [0.2, 0.25) is 0 Å². The van der Waals surface area contributed by atoms with E-state index in [9.17, 15) is 0 Å². The maximum atomic E-state index is 5.83. The van der Waals surface area contributed by atoms with Crippen LogP contribution in [0.5, 0.6) is 0 Å². The van der Waals surface area contributed by atoms with Crippen LogP contribution in [0.15, 0.2) is 24.4 Å². The first-order valence-electron chi connectivity index (χ1n) is 5.19. The van der Waals surface area contributed by atoms with Gasteiger partial charge in [-0.2, -0.15) is 0 Å². The van der Waals surface area contributed by atoms with Crippen molar-refractivity contribution < 1.29 is 0 Å². The maximum Gasteiger partial charge on any atom is 0.140 e. The Kier molecular flexibility index (Phi) is 2.56. The highest BCUT2D eigenvalue weighted by atomic mass is 15.0. The van der Waals surface area contributed by atoms with Crippen LogP contribution in [0.25, 0.3) is 11.4 Å². The average Bonchev–Trinajstić information content (AvgIpc) is 2.59. The molecule has 1 aromatic carbocycles. The van der Waals surface area contributed by atoms with Crippen LogP contribution < -0.4 is 11.1 Å². The van der Waals surface area contributed by atoms with Crippen molar-refractivity contribution in [3.8, 4) is 11.4 Å². The van der Waals surface area contributed by atoms with Crippen LogP contribution in [0.4, 0.5) is 11.4 Å². The van der Waals surface area contributed by atoms with E-state index in [2.05, 4.69) is 10.3 Å². The molecule has 16 heavy (non-hydrogen) atoms. The van der Waals surface area contributed by atoms with Crippen molar-refractivity contribution in [2.24, 2.45) is 7.05 Å². The minimum atomic E-state index is 0.747. The molecule has 0 aliphatic heterocycles. The van der Waals surface area contributed by atoms with Crippen molar-refractivity contribution in [2.45, 2.75) is 6.92 Å². The molecule has 0 atom stereocenters. The summed E-state index contributed by atoms with van der Waals surface area (Å²) in [4.78, 5) is 4.48. The van der Waals surface area contributed by atoms with Crippen molar-refractivity contribution in [1.82, 2.24) is 9.55 Å². The Labute approximate surface area is 95.1 Å². The van der Waals surface area contributed by atoms with Crippen LogP contribution in [-0.2, 0) is 7.05 Å². The molecule has 0 aliphatic carbocycles. The molecule has 0 fully saturated rings. The Bertz CT molecular complexity index is 514. The Morgan fingerprint density at radius 1 is 1.38 bits per heavy atom. The summed E-state index contributed by atoms with van der Waals surface area (Å²) >= 11 is 0. The third kappa shape index (κ3) is 1.74. The van der Waals surface area contributed by atoms with E-state index in [0.717, 1.165) is 28.5 Å². The number of nitrogens with zero attached hydrogens (tertiary/aromatic N) is 2. The highest BCUT2D eigenvalue weighted by Crippen LogP contribution is 2.26. The van der Waals surface area contributed by atoms with Crippen LogP contribution in [0.1, 0.15) is 5.69 Å². The molecule has 0 saturated carbocycles. The number of aromatic nitrogens is 2. The van der Waals surface area contributed by atoms with Gasteiger partial charge in [-0.15, -0.1) is 0 Å². The second-order valence-corrected chi connectivity index (χ2v) is 3.87. The molecule has 0 unspecified atom stereocenters. The molecule has 0 spiro atoms. The number of benzene rings is 1. The molecule has 0 aliphatic rings. The lowest BCUT2D eigenvalue weighted by atomic mass is 10.1. The van der Waals surface area contributed by atoms with E-state index in [1.54, 1.807) is 0 Å². The number of anilines is 2. The van der Waals surface area contributed by atoms with E-state index in [1.165, 1.54) is 0 Å². The van der Waals surface area contributed by atoms with Crippen LogP contribution in [0.3, 0.4) is 0 Å². The van der Waals surface area contributed by atoms with Crippen LogP contribution >= 0.6 is 0 Å². The van der Waals surface area contributed by atoms with E-state index < -0.39 is 0 Å². The van der Waals surface area contributed by atoms with Gasteiger partial charge < -0.3 is 15.6 Å². The summed E-state index contributed by atoms with van der Waals surface area (Å²) in [5.41, 5.74) is 9.59. The molecular weight excluding hydrogens is 200 g/mol. The fourth-order valence-corrected chi connectivity index (χ4v) is 1.80. The second kappa shape index (κ2) is 3.89. The molecule has 1 heterocycles. The molecule has 84 valence electrons. The molecular formula is C12H16N4. The summed E-state index contributed by atoms with van der Waals surface area (Å²) in [6, 6.07) is 5.89. The summed E-state index contributed by atoms with van der Waals surface area (Å²) < 4.78 is 2.01. The zero-order valence-electron chi connectivity index (χ0n) is 9.78. The minimum Gasteiger partial charge on any atom is -0.397 e. The summed E-state index contributed by atoms with van der Waals surface area (Å²) in [5.74, 6) is 0.953. The highest BCUT2D eigenvalue weighted by Gasteiger charge is 2.07. The lowest BCUT2D eigenvalue weighted by molar-refractivity contribution is 0.924. The first-order valence-corrected chi connectivity index (χ1v) is 5.19. The van der Waals surface area contributed by atoms with Crippen molar-refractivity contribution in [1.29, 1.82) is 0 Å². The molecule has 0 saturated heterocycles. The van der Waals surface area contributed by atoms with E-state index in [-0.39, 0.29) is 0 Å². The smallest absolute Gasteiger partial charge is 0.140 e. The van der Waals surface area contributed by atoms with Gasteiger partial charge in [0, 0.05) is 25.9 Å². The minimum absolute atomic E-state index is 0.747. The third-order valence-electron chi connectivity index (χ3n) is 2.58. The number of rotatable bonds is 2. The third-order valence-corrected chi connectivity index (χ3v) is 2.58. The van der Waals surface area contributed by atoms with Gasteiger partial charge in [0.15, 0.2) is 0 Å². The van der Waals surface area contributed by atoms with Gasteiger partial charge in [0.05, 0.1) is 17.1 Å². The first-order chi connectivity index (χ1) is 7.61. The number of nitrogens with two attached hydrogens (primary N) is 1. The number of nitrogens with one attached hydrogen (secondary N) is 1. The van der Waals surface area contributed by atoms with Crippen molar-refractivity contribution >= 4 is 11.4 Å². The standard InChI is InChI=1S/C12H16N4/c1-8-7-16(3)12(15-8)9-4-5-10(13)11(6-9)14-2/h4-7,14H,13H2,1-3H3. The van der Waals surface area contributed by atoms with Gasteiger partial charge in [0.25, 0.3) is 0 Å². The molecule has 2 rings (SSSR count). The average molecular weight is 216 g/mol. The Balaban J connectivity index is 2.52. The van der Waals surface area contributed by atoms with Gasteiger partial charge in [-0.3, -0.25) is 0 Å². The first kappa shape index (κ1) is 10.5. The van der Waals surface area contributed by atoms with Crippen LogP contribution in [-0.4, -0.2) is 16.6 Å². The van der Waals surface area contributed by atoms with Gasteiger partial charge in [-0.05, 0) is 25.1 Å². The topological polar surface area (TPSA) is 55.9 Å². The van der Waals surface area contributed by atoms with E-state index in [1.807, 2.05) is 50.0 Å². The number of hydrogen-bond donors (Lipinski definition) is 2. The summed E-state index contributed by atoms with van der Waals surface area (Å²) in [5, 5.41) is 3.07. The lowest BCUT2D eigenvalue weighted by Gasteiger charge is -2.07. The molecule has 0 amide bonds. The van der Waals surface area contributed by atoms with Gasteiger partial charge >= 0.3 is 0 Å². The summed E-state index contributed by atoms with van der Waals surface area (Å²) in [6.45, 7) is 1.99. The predicted octanol–water partition coefficient (Wildman–Crippen LogP) is 2.02. The number of nitrogen functional groups attached to an aromatic ring is 1. The van der Waals surface area contributed by atoms with E-state index in [4.69, 9.17) is 5.73 Å². The monoisotopic (exact) mass is 216 g/mol. The largest absolute Gasteiger partial charge is 0.397 e. The Morgan fingerprint density at radius 3 is 2.69 bits per heavy atom. The second-order valence-electron chi connectivity index (χ2n) is 3.87. The van der Waals surface area contributed by atoms with E-state index in [0.29, 0.717) is 0 Å². The highest BCUT2D eigenvalue weighted by molar-refractivity contribution is 5.73. The van der Waals surface area contributed by atoms with Gasteiger partial charge in [-0.25, -0.2) is 4.98 Å². The van der Waals surface area contributed by atoms with E-state index >= 15 is 0 Å². The number of imidazole rings is 1. The zero-order valence-corrected chi connectivity index (χ0v) is 9.78. The van der Waals surface area contributed by atoms with Crippen molar-refractivity contribution in [3.05, 3.63) is 30.1 Å². The van der Waals surface area contributed by atoms with Gasteiger partial charge in [0.2, 0.25) is 0 Å². The molecule has 0 bridgehead atoms. The van der Waals surface area contributed by atoms with Gasteiger partial charge in [-0.1, -0.05) is 0 Å². The maximum absolute atomic E-state index is 5.83. The number of hydrogen-bond acceptors (Lipinski definition) is 3. The van der Waals surface area contributed by atoms with Gasteiger partial charge in [0.1, 0.15) is 5.82 Å². The Morgan fingerprint density at radius 2 is 2.12 bits per heavy atom. The number of aryl methyl sites for hydroxylation is 2. The fraction of sp³-hybridized carbons (Fsp3) is 0.250. The SMILES string of the molecule is CNc1cc(-c2nc(C)cn2C)ccc1N. The molecule has 1 aromatic heterocycles. The van der Waals surface area contributed by atoms with Crippen molar-refractivity contribution in [3.63, 3.8) is 0 Å². The normalized spacial score (nSPS) is 10.4. The molecule has 3 N–H and O–H groups in total. The van der Waals surface area contributed by atoms with Crippen LogP contribution in [0, 0.1) is 6.92 Å². The zero-order chi connectivity index (χ0) is 11.7. The Hall–Kier alpha value is -1.97. The summed E-state index contributed by atoms with van der Waals surface area (Å²) in [7, 11) is 3.85. The lowest BCUT2D eigenvalue weighted by Crippen LogP contribution is -1.97.